The van der Waals surface area contributed by atoms with Crippen LogP contribution in [0.15, 0.2) is 18.2 Å². The van der Waals surface area contributed by atoms with Crippen LogP contribution in [0.3, 0.4) is 0 Å². The maximum Gasteiger partial charge on any atom is 0.128 e. The highest BCUT2D eigenvalue weighted by molar-refractivity contribution is 7.13. The Labute approximate surface area is 117 Å². The van der Waals surface area contributed by atoms with E-state index in [1.807, 2.05) is 19.1 Å². The lowest BCUT2D eigenvalue weighted by molar-refractivity contribution is 0.416. The fourth-order valence-electron chi connectivity index (χ4n) is 2.15. The van der Waals surface area contributed by atoms with Gasteiger partial charge in [0.05, 0.1) is 12.8 Å². The molecule has 98 valence electrons. The van der Waals surface area contributed by atoms with E-state index >= 15 is 0 Å². The van der Waals surface area contributed by atoms with Crippen LogP contribution < -0.4 is 10.5 Å². The fraction of sp³-hybridized carbons (Fsp3) is 0.267. The van der Waals surface area contributed by atoms with Crippen molar-refractivity contribution in [2.75, 3.05) is 12.8 Å². The number of aryl methyl sites for hydroxylation is 2. The normalized spacial score (nSPS) is 10.2. The van der Waals surface area contributed by atoms with Gasteiger partial charge >= 0.3 is 0 Å². The van der Waals surface area contributed by atoms with Crippen molar-refractivity contribution in [3.63, 3.8) is 0 Å². The average molecular weight is 272 g/mol. The van der Waals surface area contributed by atoms with Crippen molar-refractivity contribution in [1.29, 1.82) is 5.26 Å². The zero-order valence-corrected chi connectivity index (χ0v) is 12.1. The molecule has 0 bridgehead atoms. The summed E-state index contributed by atoms with van der Waals surface area (Å²) >= 11 is 1.43. The lowest BCUT2D eigenvalue weighted by Gasteiger charge is -2.11. The minimum Gasteiger partial charge on any atom is -0.496 e. The van der Waals surface area contributed by atoms with E-state index in [-0.39, 0.29) is 0 Å². The van der Waals surface area contributed by atoms with Crippen molar-refractivity contribution >= 4 is 17.0 Å². The number of benzene rings is 1. The van der Waals surface area contributed by atoms with Crippen LogP contribution in [0.4, 0.5) is 5.69 Å². The van der Waals surface area contributed by atoms with Crippen LogP contribution in [0, 0.1) is 18.3 Å². The Balaban J connectivity index is 2.71. The Kier molecular flexibility index (Phi) is 3.77. The molecule has 1 aromatic heterocycles. The highest BCUT2D eigenvalue weighted by atomic mass is 32.1. The van der Waals surface area contributed by atoms with Crippen LogP contribution in [0.25, 0.3) is 11.1 Å². The van der Waals surface area contributed by atoms with E-state index in [2.05, 4.69) is 19.1 Å². The molecule has 0 aliphatic heterocycles. The van der Waals surface area contributed by atoms with Gasteiger partial charge in [-0.2, -0.15) is 5.26 Å². The van der Waals surface area contributed by atoms with E-state index in [1.165, 1.54) is 16.9 Å². The van der Waals surface area contributed by atoms with Gasteiger partial charge in [-0.3, -0.25) is 0 Å². The molecule has 0 atom stereocenters. The number of hydrogen-bond donors (Lipinski definition) is 1. The molecule has 1 aromatic carbocycles. The molecule has 4 heteroatoms. The number of methoxy groups -OCH3 is 1. The van der Waals surface area contributed by atoms with Gasteiger partial charge < -0.3 is 10.5 Å². The predicted molar refractivity (Wildman–Crippen MR) is 79.5 cm³/mol. The molecule has 3 nitrogen and oxygen atoms in total. The van der Waals surface area contributed by atoms with E-state index in [9.17, 15) is 0 Å². The van der Waals surface area contributed by atoms with Crippen LogP contribution in [-0.4, -0.2) is 7.11 Å². The molecule has 0 fully saturated rings. The summed E-state index contributed by atoms with van der Waals surface area (Å²) in [6.45, 7) is 4.09. The van der Waals surface area contributed by atoms with Gasteiger partial charge in [-0.25, -0.2) is 0 Å². The second-order valence-electron chi connectivity index (χ2n) is 4.28. The Hall–Kier alpha value is -1.99. The Morgan fingerprint density at radius 2 is 2.16 bits per heavy atom. The molecular formula is C15H16N2OS. The van der Waals surface area contributed by atoms with Crippen molar-refractivity contribution < 1.29 is 4.74 Å². The van der Waals surface area contributed by atoms with Gasteiger partial charge in [0.1, 0.15) is 16.7 Å². The third-order valence-electron chi connectivity index (χ3n) is 3.16. The maximum absolute atomic E-state index is 9.08. The maximum atomic E-state index is 9.08. The summed E-state index contributed by atoms with van der Waals surface area (Å²) < 4.78 is 5.42. The summed E-state index contributed by atoms with van der Waals surface area (Å²) in [5.74, 6) is 0.786. The largest absolute Gasteiger partial charge is 0.496 e. The van der Waals surface area contributed by atoms with Crippen molar-refractivity contribution in [3.05, 3.63) is 33.5 Å². The summed E-state index contributed by atoms with van der Waals surface area (Å²) in [7, 11) is 1.65. The Morgan fingerprint density at radius 3 is 2.68 bits per heavy atom. The number of nitrogens with two attached hydrogens (primary N) is 1. The first kappa shape index (κ1) is 13.4. The molecule has 0 radical (unpaired) electrons. The number of hydrogen-bond acceptors (Lipinski definition) is 4. The third-order valence-corrected chi connectivity index (χ3v) is 4.19. The van der Waals surface area contributed by atoms with E-state index < -0.39 is 0 Å². The number of thiophene rings is 1. The molecule has 1 heterocycles. The summed E-state index contributed by atoms with van der Waals surface area (Å²) in [4.78, 5) is 1.61. The van der Waals surface area contributed by atoms with Crippen LogP contribution in [-0.2, 0) is 6.42 Å². The highest BCUT2D eigenvalue weighted by Gasteiger charge is 2.18. The number of rotatable bonds is 3. The quantitative estimate of drug-likeness (QED) is 0.925. The smallest absolute Gasteiger partial charge is 0.128 e. The third kappa shape index (κ3) is 2.29. The second-order valence-corrected chi connectivity index (χ2v) is 5.50. The highest BCUT2D eigenvalue weighted by Crippen LogP contribution is 2.42. The fourth-order valence-corrected chi connectivity index (χ4v) is 3.04. The van der Waals surface area contributed by atoms with Gasteiger partial charge in [0.25, 0.3) is 0 Å². The second kappa shape index (κ2) is 5.33. The molecule has 0 saturated heterocycles. The molecular weight excluding hydrogens is 256 g/mol. The Bertz CT molecular complexity index is 653. The van der Waals surface area contributed by atoms with E-state index in [0.717, 1.165) is 28.2 Å². The summed E-state index contributed by atoms with van der Waals surface area (Å²) in [6, 6.07) is 8.24. The monoisotopic (exact) mass is 272 g/mol. The lowest BCUT2D eigenvalue weighted by atomic mass is 10.00. The summed E-state index contributed by atoms with van der Waals surface area (Å²) in [5.41, 5.74) is 9.76. The van der Waals surface area contributed by atoms with Gasteiger partial charge in [-0.1, -0.05) is 13.0 Å². The SMILES string of the molecule is CCc1ccc(OC)c(-c2c(C)sc(C#N)c2N)c1. The molecule has 2 N–H and O–H groups in total. The standard InChI is InChI=1S/C15H16N2OS/c1-4-10-5-6-12(18-3)11(7-10)14-9(2)19-13(8-16)15(14)17/h5-7H,4,17H2,1-3H3. The lowest BCUT2D eigenvalue weighted by Crippen LogP contribution is -1.94. The topological polar surface area (TPSA) is 59.0 Å². The van der Waals surface area contributed by atoms with Crippen LogP contribution >= 0.6 is 11.3 Å². The zero-order chi connectivity index (χ0) is 14.0. The first-order chi connectivity index (χ1) is 9.12. The van der Waals surface area contributed by atoms with Gasteiger partial charge in [0.15, 0.2) is 0 Å². The molecule has 0 unspecified atom stereocenters. The predicted octanol–water partition coefficient (Wildman–Crippen LogP) is 3.75. The molecule has 0 aliphatic carbocycles. The van der Waals surface area contributed by atoms with Crippen molar-refractivity contribution in [3.8, 4) is 22.9 Å². The van der Waals surface area contributed by atoms with Crippen LogP contribution in [0.1, 0.15) is 22.2 Å². The molecule has 19 heavy (non-hydrogen) atoms. The minimum absolute atomic E-state index is 0.552. The van der Waals surface area contributed by atoms with E-state index in [0.29, 0.717) is 10.6 Å². The van der Waals surface area contributed by atoms with E-state index in [4.69, 9.17) is 15.7 Å². The zero-order valence-electron chi connectivity index (χ0n) is 11.3. The number of ether oxygens (including phenoxy) is 1. The van der Waals surface area contributed by atoms with Gasteiger partial charge in [0, 0.05) is 16.0 Å². The number of nitriles is 1. The minimum atomic E-state index is 0.552. The molecule has 2 aromatic rings. The van der Waals surface area contributed by atoms with Gasteiger partial charge in [0.2, 0.25) is 0 Å². The summed E-state index contributed by atoms with van der Waals surface area (Å²) in [6.07, 6.45) is 0.950. The number of nitrogen functional groups attached to an aromatic ring is 1. The van der Waals surface area contributed by atoms with Gasteiger partial charge in [-0.05, 0) is 31.0 Å². The van der Waals surface area contributed by atoms with Crippen LogP contribution in [0.2, 0.25) is 0 Å². The molecule has 0 saturated carbocycles. The van der Waals surface area contributed by atoms with Crippen molar-refractivity contribution in [2.45, 2.75) is 20.3 Å². The first-order valence-electron chi connectivity index (χ1n) is 6.08. The molecule has 0 amide bonds. The molecule has 0 aliphatic rings. The average Bonchev–Trinajstić information content (AvgIpc) is 2.72. The molecule has 2 rings (SSSR count). The molecule has 0 spiro atoms. The number of anilines is 1. The van der Waals surface area contributed by atoms with Crippen molar-refractivity contribution in [1.82, 2.24) is 0 Å². The first-order valence-corrected chi connectivity index (χ1v) is 6.90. The van der Waals surface area contributed by atoms with Crippen molar-refractivity contribution in [2.24, 2.45) is 0 Å². The Morgan fingerprint density at radius 1 is 1.42 bits per heavy atom. The van der Waals surface area contributed by atoms with E-state index in [1.54, 1.807) is 7.11 Å². The van der Waals surface area contributed by atoms with Crippen LogP contribution in [0.5, 0.6) is 5.75 Å². The van der Waals surface area contributed by atoms with Gasteiger partial charge in [-0.15, -0.1) is 11.3 Å². The summed E-state index contributed by atoms with van der Waals surface area (Å²) in [5, 5.41) is 9.08. The number of nitrogens with zero attached hydrogens (tertiary/aromatic N) is 1.